The third-order valence-electron chi connectivity index (χ3n) is 3.13. The van der Waals surface area contributed by atoms with Crippen LogP contribution in [0, 0.1) is 0 Å². The van der Waals surface area contributed by atoms with E-state index >= 15 is 0 Å². The summed E-state index contributed by atoms with van der Waals surface area (Å²) in [5.41, 5.74) is 2.33. The fraction of sp³-hybridized carbons (Fsp3) is 0.294. The first-order valence-corrected chi connectivity index (χ1v) is 7.55. The average molecular weight is 297 g/mol. The van der Waals surface area contributed by atoms with Gasteiger partial charge in [-0.3, -0.25) is 4.99 Å². The molecule has 22 heavy (non-hydrogen) atoms. The van der Waals surface area contributed by atoms with Crippen LogP contribution in [0.2, 0.25) is 0 Å². The Morgan fingerprint density at radius 2 is 2.14 bits per heavy atom. The topological polar surface area (TPSA) is 54.2 Å². The molecule has 2 N–H and O–H groups in total. The Morgan fingerprint density at radius 3 is 2.77 bits per heavy atom. The van der Waals surface area contributed by atoms with Crippen molar-refractivity contribution in [3.63, 3.8) is 0 Å². The number of nitrogens with one attached hydrogen (secondary N) is 2. The van der Waals surface area contributed by atoms with Gasteiger partial charge in [0.05, 0.1) is 5.69 Å². The fourth-order valence-corrected chi connectivity index (χ4v) is 2.04. The van der Waals surface area contributed by atoms with Crippen molar-refractivity contribution in [2.45, 2.75) is 13.3 Å². The first kappa shape index (κ1) is 15.8. The van der Waals surface area contributed by atoms with E-state index in [0.29, 0.717) is 6.54 Å². The molecular formula is C17H23N5. The molecule has 0 bridgehead atoms. The van der Waals surface area contributed by atoms with Crippen LogP contribution in [0.15, 0.2) is 60.4 Å². The van der Waals surface area contributed by atoms with E-state index in [9.17, 15) is 0 Å². The maximum Gasteiger partial charge on any atom is 0.191 e. The molecule has 0 fully saturated rings. The number of hydrogen-bond acceptors (Lipinski definition) is 2. The van der Waals surface area contributed by atoms with Crippen LogP contribution in [0.3, 0.4) is 0 Å². The highest BCUT2D eigenvalue weighted by molar-refractivity contribution is 5.79. The third kappa shape index (κ3) is 4.77. The Labute approximate surface area is 131 Å². The normalized spacial score (nSPS) is 11.2. The summed E-state index contributed by atoms with van der Waals surface area (Å²) in [5, 5.41) is 10.6. The lowest BCUT2D eigenvalue weighted by molar-refractivity contribution is 0.850. The summed E-state index contributed by atoms with van der Waals surface area (Å²) in [6.45, 7) is 8.06. The molecule has 0 saturated carbocycles. The molecule has 1 heterocycles. The average Bonchev–Trinajstić information content (AvgIpc) is 3.07. The van der Waals surface area contributed by atoms with Crippen LogP contribution in [-0.4, -0.2) is 35.4 Å². The van der Waals surface area contributed by atoms with Gasteiger partial charge in [-0.2, -0.15) is 5.10 Å². The first-order valence-electron chi connectivity index (χ1n) is 7.55. The Morgan fingerprint density at radius 1 is 1.32 bits per heavy atom. The molecule has 1 aromatic heterocycles. The lowest BCUT2D eigenvalue weighted by Gasteiger charge is -2.09. The molecule has 2 rings (SSSR count). The van der Waals surface area contributed by atoms with Gasteiger partial charge in [0, 0.05) is 32.0 Å². The molecule has 0 spiro atoms. The van der Waals surface area contributed by atoms with Crippen molar-refractivity contribution >= 4 is 5.96 Å². The summed E-state index contributed by atoms with van der Waals surface area (Å²) in [5.74, 6) is 0.829. The molecule has 5 nitrogen and oxygen atoms in total. The Kier molecular flexibility index (Phi) is 6.23. The number of guanidine groups is 1. The number of nitrogens with zero attached hydrogens (tertiary/aromatic N) is 3. The van der Waals surface area contributed by atoms with E-state index in [-0.39, 0.29) is 0 Å². The molecule has 0 atom stereocenters. The molecule has 0 radical (unpaired) electrons. The minimum absolute atomic E-state index is 0.713. The number of aliphatic imine (C=N–C) groups is 1. The number of hydrogen-bond donors (Lipinski definition) is 2. The van der Waals surface area contributed by atoms with Gasteiger partial charge in [0.25, 0.3) is 0 Å². The lowest BCUT2D eigenvalue weighted by Crippen LogP contribution is -2.37. The smallest absolute Gasteiger partial charge is 0.191 e. The summed E-state index contributed by atoms with van der Waals surface area (Å²) in [7, 11) is 0. The minimum Gasteiger partial charge on any atom is -0.357 e. The molecule has 0 aliphatic heterocycles. The van der Waals surface area contributed by atoms with E-state index in [2.05, 4.69) is 58.5 Å². The van der Waals surface area contributed by atoms with Gasteiger partial charge in [0.15, 0.2) is 5.96 Å². The van der Waals surface area contributed by atoms with Crippen molar-refractivity contribution in [2.24, 2.45) is 4.99 Å². The second kappa shape index (κ2) is 8.67. The second-order valence-corrected chi connectivity index (χ2v) is 4.80. The summed E-state index contributed by atoms with van der Waals surface area (Å²) < 4.78 is 1.85. The van der Waals surface area contributed by atoms with Gasteiger partial charge in [-0.25, -0.2) is 4.68 Å². The van der Waals surface area contributed by atoms with Gasteiger partial charge in [0.1, 0.15) is 0 Å². The largest absolute Gasteiger partial charge is 0.357 e. The van der Waals surface area contributed by atoms with E-state index in [4.69, 9.17) is 0 Å². The van der Waals surface area contributed by atoms with E-state index in [1.165, 1.54) is 5.56 Å². The summed E-state index contributed by atoms with van der Waals surface area (Å²) in [6.07, 6.45) is 6.44. The Hall–Kier alpha value is -2.56. The predicted octanol–water partition coefficient (Wildman–Crippen LogP) is 2.16. The lowest BCUT2D eigenvalue weighted by atomic mass is 10.1. The highest BCUT2D eigenvalue weighted by Crippen LogP contribution is 2.09. The van der Waals surface area contributed by atoms with Crippen molar-refractivity contribution < 1.29 is 0 Å². The third-order valence-corrected chi connectivity index (χ3v) is 3.13. The van der Waals surface area contributed by atoms with Gasteiger partial charge >= 0.3 is 0 Å². The molecule has 0 unspecified atom stereocenters. The molecule has 2 aromatic rings. The van der Waals surface area contributed by atoms with Crippen molar-refractivity contribution in [3.05, 3.63) is 60.9 Å². The molecule has 0 aliphatic rings. The maximum absolute atomic E-state index is 4.55. The second-order valence-electron chi connectivity index (χ2n) is 4.80. The Bertz CT molecular complexity index is 584. The minimum atomic E-state index is 0.713. The van der Waals surface area contributed by atoms with Crippen LogP contribution < -0.4 is 10.6 Å². The molecule has 5 heteroatoms. The van der Waals surface area contributed by atoms with Gasteiger partial charge in [-0.1, -0.05) is 18.2 Å². The highest BCUT2D eigenvalue weighted by atomic mass is 15.3. The van der Waals surface area contributed by atoms with Crippen LogP contribution in [0.25, 0.3) is 5.69 Å². The van der Waals surface area contributed by atoms with Crippen LogP contribution in [-0.2, 0) is 6.42 Å². The molecular weight excluding hydrogens is 274 g/mol. The fourth-order valence-electron chi connectivity index (χ4n) is 2.04. The van der Waals surface area contributed by atoms with Crippen molar-refractivity contribution in [1.29, 1.82) is 0 Å². The SMILES string of the molecule is C=CCNC(=NCCc1ccc(-n2cccn2)cc1)NCC. The van der Waals surface area contributed by atoms with Crippen molar-refractivity contribution in [3.8, 4) is 5.69 Å². The summed E-state index contributed by atoms with van der Waals surface area (Å²) in [6, 6.07) is 10.3. The zero-order valence-electron chi connectivity index (χ0n) is 13.0. The zero-order chi connectivity index (χ0) is 15.6. The number of rotatable bonds is 7. The van der Waals surface area contributed by atoms with Gasteiger partial charge in [-0.05, 0) is 37.1 Å². The van der Waals surface area contributed by atoms with E-state index < -0.39 is 0 Å². The van der Waals surface area contributed by atoms with Gasteiger partial charge < -0.3 is 10.6 Å². The first-order chi connectivity index (χ1) is 10.8. The molecule has 0 amide bonds. The summed E-state index contributed by atoms with van der Waals surface area (Å²) in [4.78, 5) is 4.55. The van der Waals surface area contributed by atoms with Crippen LogP contribution in [0.1, 0.15) is 12.5 Å². The van der Waals surface area contributed by atoms with Gasteiger partial charge in [-0.15, -0.1) is 6.58 Å². The molecule has 0 saturated heterocycles. The molecule has 0 aliphatic carbocycles. The number of aromatic nitrogens is 2. The standard InChI is InChI=1S/C17H23N5/c1-3-11-19-17(18-4-2)20-13-10-15-6-8-16(9-7-15)22-14-5-12-21-22/h3,5-9,12,14H,1,4,10-11,13H2,2H3,(H2,18,19,20). The van der Waals surface area contributed by atoms with Crippen LogP contribution in [0.4, 0.5) is 0 Å². The molecule has 116 valence electrons. The number of benzene rings is 1. The molecule has 1 aromatic carbocycles. The maximum atomic E-state index is 4.55. The monoisotopic (exact) mass is 297 g/mol. The van der Waals surface area contributed by atoms with E-state index in [0.717, 1.165) is 31.2 Å². The van der Waals surface area contributed by atoms with E-state index in [1.54, 1.807) is 6.20 Å². The van der Waals surface area contributed by atoms with Crippen LogP contribution in [0.5, 0.6) is 0 Å². The summed E-state index contributed by atoms with van der Waals surface area (Å²) >= 11 is 0. The highest BCUT2D eigenvalue weighted by Gasteiger charge is 1.98. The van der Waals surface area contributed by atoms with E-state index in [1.807, 2.05) is 23.0 Å². The predicted molar refractivity (Wildman–Crippen MR) is 91.4 cm³/mol. The van der Waals surface area contributed by atoms with Gasteiger partial charge in [0.2, 0.25) is 0 Å². The quantitative estimate of drug-likeness (QED) is 0.468. The van der Waals surface area contributed by atoms with Crippen LogP contribution >= 0.6 is 0 Å². The zero-order valence-corrected chi connectivity index (χ0v) is 13.0. The van der Waals surface area contributed by atoms with Crippen molar-refractivity contribution in [1.82, 2.24) is 20.4 Å². The van der Waals surface area contributed by atoms with Crippen molar-refractivity contribution in [2.75, 3.05) is 19.6 Å². The Balaban J connectivity index is 1.89.